The smallest absolute Gasteiger partial charge is 0.147 e. The summed E-state index contributed by atoms with van der Waals surface area (Å²) < 4.78 is 14.0. The van der Waals surface area contributed by atoms with Crippen molar-refractivity contribution in [1.29, 1.82) is 0 Å². The Kier molecular flexibility index (Phi) is 23.3. The van der Waals surface area contributed by atoms with Crippen LogP contribution in [0.1, 0.15) is 187 Å². The summed E-state index contributed by atoms with van der Waals surface area (Å²) in [6, 6.07) is 11.3. The zero-order valence-electron chi connectivity index (χ0n) is 27.9. The average Bonchev–Trinajstić information content (AvgIpc) is 2.98. The molecule has 0 radical (unpaired) electrons. The summed E-state index contributed by atoms with van der Waals surface area (Å²) in [6.45, 7) is 9.90. The van der Waals surface area contributed by atoms with E-state index in [4.69, 9.17) is 9.16 Å². The number of benzene rings is 1. The van der Waals surface area contributed by atoms with E-state index in [1.54, 1.807) is 0 Å². The van der Waals surface area contributed by atoms with Crippen molar-refractivity contribution in [1.82, 2.24) is 0 Å². The minimum atomic E-state index is -0.329. The highest BCUT2D eigenvalue weighted by Gasteiger charge is 2.52. The van der Waals surface area contributed by atoms with Gasteiger partial charge in [-0.25, -0.2) is 0 Å². The van der Waals surface area contributed by atoms with Crippen LogP contribution in [0.25, 0.3) is 0 Å². The number of rotatable bonds is 29. The first-order chi connectivity index (χ1) is 19.7. The fourth-order valence-corrected chi connectivity index (χ4v) is 7.69. The first-order valence-corrected chi connectivity index (χ1v) is 18.7. The Hall–Kier alpha value is -0.643. The Morgan fingerprint density at radius 3 is 1.25 bits per heavy atom. The van der Waals surface area contributed by atoms with Crippen molar-refractivity contribution in [3.05, 3.63) is 35.9 Å². The van der Waals surface area contributed by atoms with Crippen LogP contribution in [0.15, 0.2) is 30.3 Å². The molecule has 0 fully saturated rings. The summed E-state index contributed by atoms with van der Waals surface area (Å²) in [5.41, 5.74) is 0.792. The normalized spacial score (nSPS) is 13.6. The minimum Gasteiger partial charge on any atom is -0.416 e. The molecule has 0 saturated carbocycles. The lowest BCUT2D eigenvalue weighted by molar-refractivity contribution is -0.188. The molecule has 0 N–H and O–H groups in total. The molecule has 0 aliphatic rings. The van der Waals surface area contributed by atoms with Crippen LogP contribution in [0.2, 0.25) is 0 Å². The maximum absolute atomic E-state index is 7.04. The third-order valence-corrected chi connectivity index (χ3v) is 9.94. The van der Waals surface area contributed by atoms with Gasteiger partial charge in [-0.05, 0) is 31.7 Å². The van der Waals surface area contributed by atoms with E-state index in [2.05, 4.69) is 58.0 Å². The predicted molar refractivity (Wildman–Crippen MR) is 181 cm³/mol. The summed E-state index contributed by atoms with van der Waals surface area (Å²) in [6.07, 6.45) is 31.5. The van der Waals surface area contributed by atoms with Gasteiger partial charge in [-0.2, -0.15) is 0 Å². The lowest BCUT2D eigenvalue weighted by Crippen LogP contribution is -2.55. The van der Waals surface area contributed by atoms with Crippen molar-refractivity contribution in [2.24, 2.45) is 0 Å². The van der Waals surface area contributed by atoms with Gasteiger partial charge in [0.25, 0.3) is 0 Å². The Balaban J connectivity index is 3.14. The summed E-state index contributed by atoms with van der Waals surface area (Å²) in [5.74, 6) is 0. The van der Waals surface area contributed by atoms with E-state index in [0.29, 0.717) is 0 Å². The van der Waals surface area contributed by atoms with Crippen LogP contribution in [-0.4, -0.2) is 22.7 Å². The van der Waals surface area contributed by atoms with E-state index in [1.807, 2.05) is 0 Å². The molecule has 2 nitrogen and oxygen atoms in total. The Bertz CT molecular complexity index is 645. The highest BCUT2D eigenvalue weighted by atomic mass is 28.2. The van der Waals surface area contributed by atoms with Crippen LogP contribution in [-0.2, 0) is 14.8 Å². The summed E-state index contributed by atoms with van der Waals surface area (Å²) in [4.78, 5) is 0. The molecule has 1 rings (SSSR count). The molecule has 1 atom stereocenters. The van der Waals surface area contributed by atoms with Gasteiger partial charge in [0.1, 0.15) is 21.7 Å². The summed E-state index contributed by atoms with van der Waals surface area (Å²) in [5, 5.41) is 0. The van der Waals surface area contributed by atoms with Crippen molar-refractivity contribution < 1.29 is 9.16 Å². The lowest BCUT2D eigenvalue weighted by atomic mass is 9.69. The number of hydrogen-bond donors (Lipinski definition) is 0. The van der Waals surface area contributed by atoms with Crippen molar-refractivity contribution >= 4 is 10.5 Å². The van der Waals surface area contributed by atoms with Crippen molar-refractivity contribution in [2.75, 3.05) is 6.61 Å². The molecule has 1 aromatic carbocycles. The molecule has 0 aromatic heterocycles. The molecule has 3 heteroatoms. The molecule has 1 aromatic rings. The topological polar surface area (TPSA) is 18.5 Å². The summed E-state index contributed by atoms with van der Waals surface area (Å²) in [7, 11) is 0.732. The first-order valence-electron chi connectivity index (χ1n) is 17.9. The van der Waals surface area contributed by atoms with Crippen molar-refractivity contribution in [3.63, 3.8) is 0 Å². The zero-order chi connectivity index (χ0) is 29.2. The highest BCUT2D eigenvalue weighted by Crippen LogP contribution is 2.49. The SMILES string of the molecule is CCCCCCCCCC(CCCCCCCCC)(OCC)C(CCCCCCCCC)(O[SiH3])c1ccccc1. The van der Waals surface area contributed by atoms with Gasteiger partial charge in [0.15, 0.2) is 0 Å². The van der Waals surface area contributed by atoms with Crippen LogP contribution in [0.4, 0.5) is 0 Å². The Morgan fingerprint density at radius 1 is 0.500 bits per heavy atom. The summed E-state index contributed by atoms with van der Waals surface area (Å²) >= 11 is 0. The second-order valence-corrected chi connectivity index (χ2v) is 12.8. The molecule has 0 heterocycles. The maximum Gasteiger partial charge on any atom is 0.147 e. The molecule has 40 heavy (non-hydrogen) atoms. The van der Waals surface area contributed by atoms with Gasteiger partial charge < -0.3 is 9.16 Å². The van der Waals surface area contributed by atoms with Gasteiger partial charge in [0.05, 0.1) is 0 Å². The molecule has 0 aliphatic carbocycles. The molecule has 1 unspecified atom stereocenters. The number of ether oxygens (including phenoxy) is 1. The predicted octanol–water partition coefficient (Wildman–Crippen LogP) is 11.4. The van der Waals surface area contributed by atoms with Crippen LogP contribution < -0.4 is 0 Å². The molecular weight excluding hydrogens is 504 g/mol. The van der Waals surface area contributed by atoms with Crippen LogP contribution in [0.3, 0.4) is 0 Å². The second kappa shape index (κ2) is 24.9. The molecule has 0 aliphatic heterocycles. The van der Waals surface area contributed by atoms with Gasteiger partial charge in [0.2, 0.25) is 0 Å². The monoisotopic (exact) mass is 575 g/mol. The van der Waals surface area contributed by atoms with Gasteiger partial charge in [-0.3, -0.25) is 0 Å². The molecule has 234 valence electrons. The Labute approximate surface area is 254 Å². The molecule has 0 amide bonds. The van der Waals surface area contributed by atoms with Crippen molar-refractivity contribution in [2.45, 2.75) is 193 Å². The third-order valence-electron chi connectivity index (χ3n) is 9.25. The number of unbranched alkanes of at least 4 members (excludes halogenated alkanes) is 18. The number of hydrogen-bond acceptors (Lipinski definition) is 2. The standard InChI is InChI=1S/C37H70O2Si/c1-5-9-12-15-18-21-27-32-36(38-8-4,33-28-22-19-16-13-10-6-2)37(39-40,35-30-25-24-26-31-35)34-29-23-20-17-14-11-7-3/h24-26,30-31H,5-23,27-29,32-34H2,1-4,40H3. The van der Waals surface area contributed by atoms with Crippen molar-refractivity contribution in [3.8, 4) is 0 Å². The minimum absolute atomic E-state index is 0.236. The first kappa shape index (κ1) is 37.4. The van der Waals surface area contributed by atoms with Gasteiger partial charge in [0, 0.05) is 6.61 Å². The van der Waals surface area contributed by atoms with Gasteiger partial charge >= 0.3 is 0 Å². The molecule has 0 spiro atoms. The second-order valence-electron chi connectivity index (χ2n) is 12.4. The van der Waals surface area contributed by atoms with E-state index in [9.17, 15) is 0 Å². The fourth-order valence-electron chi connectivity index (χ4n) is 6.88. The third kappa shape index (κ3) is 14.0. The highest BCUT2D eigenvalue weighted by molar-refractivity contribution is 5.98. The van der Waals surface area contributed by atoms with E-state index in [0.717, 1.165) is 36.4 Å². The molecule has 0 saturated heterocycles. The maximum atomic E-state index is 7.04. The molecular formula is C37H70O2Si. The van der Waals surface area contributed by atoms with E-state index in [1.165, 1.54) is 140 Å². The van der Waals surface area contributed by atoms with Gasteiger partial charge in [-0.1, -0.05) is 186 Å². The van der Waals surface area contributed by atoms with Crippen LogP contribution >= 0.6 is 0 Å². The van der Waals surface area contributed by atoms with E-state index >= 15 is 0 Å². The largest absolute Gasteiger partial charge is 0.416 e. The molecule has 0 bridgehead atoms. The quantitative estimate of drug-likeness (QED) is 0.0699. The lowest BCUT2D eigenvalue weighted by Gasteiger charge is -2.51. The Morgan fingerprint density at radius 2 is 0.875 bits per heavy atom. The zero-order valence-corrected chi connectivity index (χ0v) is 29.9. The van der Waals surface area contributed by atoms with Crippen LogP contribution in [0.5, 0.6) is 0 Å². The average molecular weight is 575 g/mol. The van der Waals surface area contributed by atoms with E-state index in [-0.39, 0.29) is 11.2 Å². The van der Waals surface area contributed by atoms with Gasteiger partial charge in [-0.15, -0.1) is 0 Å². The van der Waals surface area contributed by atoms with Crippen LogP contribution in [0, 0.1) is 0 Å². The fraction of sp³-hybridized carbons (Fsp3) is 0.838. The van der Waals surface area contributed by atoms with E-state index < -0.39 is 0 Å².